The maximum Gasteiger partial charge on any atom is 0.162 e. The van der Waals surface area contributed by atoms with E-state index in [9.17, 15) is 4.79 Å². The number of aryl methyl sites for hydroxylation is 1. The molecule has 0 amide bonds. The van der Waals surface area contributed by atoms with Gasteiger partial charge in [-0.15, -0.1) is 0 Å². The van der Waals surface area contributed by atoms with E-state index in [1.54, 1.807) is 20.1 Å². The SMILES string of the molecule is C=C/C=c1/oc(CCC2CC2)c/c1=C(/C)CC(OCOC)(C(C)=O)C(C)CSC1CCC1.CC.CC(C)CO. The van der Waals surface area contributed by atoms with Crippen LogP contribution in [0.2, 0.25) is 0 Å². The van der Waals surface area contributed by atoms with Crippen molar-refractivity contribution in [2.45, 2.75) is 111 Å². The van der Waals surface area contributed by atoms with Crippen molar-refractivity contribution in [3.05, 3.63) is 35.1 Å². The van der Waals surface area contributed by atoms with Crippen LogP contribution in [0.15, 0.2) is 23.1 Å². The summed E-state index contributed by atoms with van der Waals surface area (Å²) >= 11 is 1.98. The van der Waals surface area contributed by atoms with Gasteiger partial charge in [0.15, 0.2) is 5.78 Å². The highest BCUT2D eigenvalue weighted by molar-refractivity contribution is 7.99. The zero-order valence-corrected chi connectivity index (χ0v) is 26.8. The number of furan rings is 1. The molecular weight excluding hydrogens is 508 g/mol. The molecule has 1 N–H and O–H groups in total. The molecule has 2 atom stereocenters. The summed E-state index contributed by atoms with van der Waals surface area (Å²) in [6.45, 7) is 18.1. The Labute approximate surface area is 242 Å². The number of ether oxygens (including phenoxy) is 2. The minimum Gasteiger partial charge on any atom is -0.461 e. The molecule has 5 nitrogen and oxygen atoms in total. The molecule has 2 aliphatic carbocycles. The molecular formula is C33H56O5S. The van der Waals surface area contributed by atoms with Crippen molar-refractivity contribution in [1.29, 1.82) is 0 Å². The van der Waals surface area contributed by atoms with Crippen LogP contribution in [0.4, 0.5) is 0 Å². The summed E-state index contributed by atoms with van der Waals surface area (Å²) < 4.78 is 17.6. The minimum absolute atomic E-state index is 0.0577. The van der Waals surface area contributed by atoms with Crippen LogP contribution in [-0.2, 0) is 20.7 Å². The van der Waals surface area contributed by atoms with E-state index >= 15 is 0 Å². The first kappa shape index (κ1) is 35.7. The standard InChI is InChI=1S/C27H40O4S.C4H10O.C2H6/c1-6-8-26-25(15-23(31-26)14-13-22-11-12-22)19(2)16-27(21(4)28,30-18-29-5)20(3)17-32-24-9-7-10-24;1-4(2)3-5;1-2/h6,8,15,20,22,24H,1,7,9-14,16-18H2,2-5H3;4-5H,3H2,1-2H3;1-2H3/b25-19+,26-8+;;. The number of ketones is 1. The Hall–Kier alpha value is -1.34. The molecule has 224 valence electrons. The average molecular weight is 565 g/mol. The molecule has 0 aliphatic heterocycles. The van der Waals surface area contributed by atoms with Crippen LogP contribution in [-0.4, -0.2) is 48.0 Å². The number of Topliss-reactive ketones (excluding diaryl/α,β-unsaturated/α-hetero) is 1. The third-order valence-corrected chi connectivity index (χ3v) is 9.03. The molecule has 6 heteroatoms. The van der Waals surface area contributed by atoms with Gasteiger partial charge in [0.2, 0.25) is 0 Å². The van der Waals surface area contributed by atoms with E-state index in [2.05, 4.69) is 26.5 Å². The first-order valence-corrected chi connectivity index (χ1v) is 16.0. The van der Waals surface area contributed by atoms with Crippen molar-refractivity contribution >= 4 is 29.2 Å². The van der Waals surface area contributed by atoms with E-state index in [1.165, 1.54) is 38.5 Å². The molecule has 1 aromatic heterocycles. The van der Waals surface area contributed by atoms with Crippen molar-refractivity contribution in [2.75, 3.05) is 26.3 Å². The van der Waals surface area contributed by atoms with Gasteiger partial charge in [0.05, 0.1) is 0 Å². The van der Waals surface area contributed by atoms with E-state index in [0.717, 1.165) is 45.3 Å². The predicted octanol–water partition coefficient (Wildman–Crippen LogP) is 6.68. The zero-order valence-electron chi connectivity index (χ0n) is 26.0. The maximum absolute atomic E-state index is 13.1. The van der Waals surface area contributed by atoms with Gasteiger partial charge in [-0.25, -0.2) is 0 Å². The summed E-state index contributed by atoms with van der Waals surface area (Å²) in [5.41, 5.74) is 1.02. The Morgan fingerprint density at radius 1 is 1.23 bits per heavy atom. The molecule has 0 bridgehead atoms. The van der Waals surface area contributed by atoms with E-state index in [-0.39, 0.29) is 18.5 Å². The number of allylic oxidation sites excluding steroid dienone is 1. The van der Waals surface area contributed by atoms with Gasteiger partial charge in [-0.3, -0.25) is 4.79 Å². The quantitative estimate of drug-likeness (QED) is 0.240. The van der Waals surface area contributed by atoms with Gasteiger partial charge in [-0.2, -0.15) is 11.8 Å². The average Bonchev–Trinajstić information content (AvgIpc) is 3.64. The number of hydrogen-bond acceptors (Lipinski definition) is 6. The summed E-state index contributed by atoms with van der Waals surface area (Å²) in [7, 11) is 1.61. The summed E-state index contributed by atoms with van der Waals surface area (Å²) in [6, 6.07) is 2.15. The fraction of sp³-hybridized carbons (Fsp3) is 0.727. The Balaban J connectivity index is 0.000000975. The lowest BCUT2D eigenvalue weighted by molar-refractivity contribution is -0.169. The highest BCUT2D eigenvalue weighted by atomic mass is 32.2. The van der Waals surface area contributed by atoms with Crippen molar-refractivity contribution in [1.82, 2.24) is 0 Å². The predicted molar refractivity (Wildman–Crippen MR) is 166 cm³/mol. The first-order valence-electron chi connectivity index (χ1n) is 14.9. The van der Waals surface area contributed by atoms with Crippen LogP contribution in [0.25, 0.3) is 11.6 Å². The molecule has 2 unspecified atom stereocenters. The molecule has 0 radical (unpaired) electrons. The molecule has 2 aliphatic rings. The fourth-order valence-corrected chi connectivity index (χ4v) is 5.94. The van der Waals surface area contributed by atoms with Crippen LogP contribution in [0.3, 0.4) is 0 Å². The van der Waals surface area contributed by atoms with E-state index in [1.807, 2.05) is 45.5 Å². The van der Waals surface area contributed by atoms with Gasteiger partial charge in [-0.1, -0.05) is 72.1 Å². The van der Waals surface area contributed by atoms with Gasteiger partial charge in [0, 0.05) is 42.9 Å². The third kappa shape index (κ3) is 12.0. The van der Waals surface area contributed by atoms with Crippen molar-refractivity contribution < 1.29 is 23.8 Å². The molecule has 0 aromatic carbocycles. The molecule has 1 heterocycles. The molecule has 1 aromatic rings. The number of hydrogen-bond donors (Lipinski definition) is 1. The zero-order chi connectivity index (χ0) is 29.4. The van der Waals surface area contributed by atoms with Gasteiger partial charge in [0.1, 0.15) is 23.6 Å². The molecule has 39 heavy (non-hydrogen) atoms. The van der Waals surface area contributed by atoms with Crippen LogP contribution in [0, 0.1) is 17.8 Å². The fourth-order valence-electron chi connectivity index (χ4n) is 4.44. The number of methoxy groups -OCH3 is 1. The molecule has 2 saturated carbocycles. The largest absolute Gasteiger partial charge is 0.461 e. The molecule has 3 rings (SSSR count). The second kappa shape index (κ2) is 18.9. The summed E-state index contributed by atoms with van der Waals surface area (Å²) in [6.07, 6.45) is 12.9. The number of carbonyl (C=O) groups is 1. The highest BCUT2D eigenvalue weighted by Crippen LogP contribution is 2.38. The van der Waals surface area contributed by atoms with Crippen molar-refractivity contribution in [2.24, 2.45) is 17.8 Å². The first-order chi connectivity index (χ1) is 18.7. The second-order valence-corrected chi connectivity index (χ2v) is 12.5. The number of carbonyl (C=O) groups excluding carboxylic acids is 1. The normalized spacial score (nSPS) is 18.7. The molecule has 0 saturated heterocycles. The van der Waals surface area contributed by atoms with E-state index in [0.29, 0.717) is 18.9 Å². The second-order valence-electron chi connectivity index (χ2n) is 11.2. The van der Waals surface area contributed by atoms with Crippen LogP contribution >= 0.6 is 11.8 Å². The monoisotopic (exact) mass is 564 g/mol. The lowest BCUT2D eigenvalue weighted by atomic mass is 9.80. The summed E-state index contributed by atoms with van der Waals surface area (Å²) in [5, 5.41) is 9.93. The number of aliphatic hydroxyl groups excluding tert-OH is 1. The van der Waals surface area contributed by atoms with E-state index in [4.69, 9.17) is 19.0 Å². The summed E-state index contributed by atoms with van der Waals surface area (Å²) in [4.78, 5) is 13.1. The number of thioether (sulfide) groups is 1. The van der Waals surface area contributed by atoms with Crippen LogP contribution < -0.4 is 10.6 Å². The van der Waals surface area contributed by atoms with Gasteiger partial charge >= 0.3 is 0 Å². The Kier molecular flexibility index (Phi) is 17.3. The lowest BCUT2D eigenvalue weighted by Gasteiger charge is -2.38. The van der Waals surface area contributed by atoms with Crippen molar-refractivity contribution in [3.63, 3.8) is 0 Å². The van der Waals surface area contributed by atoms with Gasteiger partial charge in [0.25, 0.3) is 0 Å². The van der Waals surface area contributed by atoms with Crippen molar-refractivity contribution in [3.8, 4) is 0 Å². The van der Waals surface area contributed by atoms with Crippen LogP contribution in [0.5, 0.6) is 0 Å². The number of rotatable bonds is 15. The summed E-state index contributed by atoms with van der Waals surface area (Å²) in [5.74, 6) is 3.35. The Bertz CT molecular complexity index is 957. The number of aliphatic hydroxyl groups is 1. The van der Waals surface area contributed by atoms with Gasteiger partial charge in [-0.05, 0) is 62.8 Å². The minimum atomic E-state index is -0.909. The molecule has 2 fully saturated rings. The maximum atomic E-state index is 13.1. The third-order valence-electron chi connectivity index (χ3n) is 7.39. The Morgan fingerprint density at radius 3 is 2.33 bits per heavy atom. The molecule has 0 spiro atoms. The topological polar surface area (TPSA) is 68.9 Å². The van der Waals surface area contributed by atoms with Crippen LogP contribution in [0.1, 0.15) is 99.2 Å². The Morgan fingerprint density at radius 2 is 1.87 bits per heavy atom. The lowest BCUT2D eigenvalue weighted by Crippen LogP contribution is -2.48. The van der Waals surface area contributed by atoms with E-state index < -0.39 is 5.60 Å². The highest BCUT2D eigenvalue weighted by Gasteiger charge is 2.43. The van der Waals surface area contributed by atoms with Gasteiger partial charge < -0.3 is 19.0 Å². The smallest absolute Gasteiger partial charge is 0.162 e.